The van der Waals surface area contributed by atoms with E-state index in [-0.39, 0.29) is 24.7 Å². The summed E-state index contributed by atoms with van der Waals surface area (Å²) in [5.74, 6) is -0.226. The van der Waals surface area contributed by atoms with Crippen molar-refractivity contribution in [2.24, 2.45) is 0 Å². The molecule has 174 valence electrons. The Morgan fingerprint density at radius 1 is 1.03 bits per heavy atom. The zero-order chi connectivity index (χ0) is 24.2. The monoisotopic (exact) mass is 457 g/mol. The molecule has 34 heavy (non-hydrogen) atoms. The highest BCUT2D eigenvalue weighted by Gasteiger charge is 2.24. The van der Waals surface area contributed by atoms with E-state index in [9.17, 15) is 19.8 Å². The molecule has 0 atom stereocenters. The second kappa shape index (κ2) is 9.93. The molecule has 0 unspecified atom stereocenters. The molecule has 0 bridgehead atoms. The van der Waals surface area contributed by atoms with Crippen LogP contribution in [-0.4, -0.2) is 41.8 Å². The fourth-order valence-corrected chi connectivity index (χ4v) is 4.21. The highest BCUT2D eigenvalue weighted by atomic mass is 16.5. The molecular formula is C28H27NO5. The first-order valence-corrected chi connectivity index (χ1v) is 11.2. The van der Waals surface area contributed by atoms with E-state index in [1.807, 2.05) is 48.2 Å². The van der Waals surface area contributed by atoms with Crippen LogP contribution in [0.15, 0.2) is 67.2 Å². The molecule has 2 N–H and O–H groups in total. The van der Waals surface area contributed by atoms with E-state index >= 15 is 0 Å². The van der Waals surface area contributed by atoms with Crippen LogP contribution in [0.1, 0.15) is 35.7 Å². The largest absolute Gasteiger partial charge is 0.491 e. The average molecular weight is 458 g/mol. The van der Waals surface area contributed by atoms with E-state index in [0.717, 1.165) is 45.5 Å². The number of aromatic carboxylic acids is 1. The molecule has 4 rings (SSSR count). The number of benzene rings is 3. The summed E-state index contributed by atoms with van der Waals surface area (Å²) < 4.78 is 5.81. The normalized spacial score (nSPS) is 13.2. The lowest BCUT2D eigenvalue weighted by atomic mass is 9.94. The summed E-state index contributed by atoms with van der Waals surface area (Å²) in [6.45, 7) is 6.80. The fourth-order valence-electron chi connectivity index (χ4n) is 4.21. The maximum atomic E-state index is 12.4. The molecule has 1 fully saturated rings. The second-order valence-corrected chi connectivity index (χ2v) is 8.33. The fraction of sp³-hybridized carbons (Fsp3) is 0.214. The first-order valence-electron chi connectivity index (χ1n) is 11.2. The maximum Gasteiger partial charge on any atom is 0.335 e. The van der Waals surface area contributed by atoms with Crippen molar-refractivity contribution in [1.82, 2.24) is 0 Å². The number of ether oxygens (including phenoxy) is 1. The summed E-state index contributed by atoms with van der Waals surface area (Å²) >= 11 is 0. The number of carbonyl (C=O) groups is 2. The molecule has 0 aromatic heterocycles. The molecule has 0 aliphatic carbocycles. The smallest absolute Gasteiger partial charge is 0.335 e. The SMILES string of the molecule is C=C(C)c1cc(-c2cc(-c3ccc(C(=O)O)cc3)ccc2OCCO)ccc1N1CCCC1=O. The number of hydrogen-bond donors (Lipinski definition) is 2. The van der Waals surface area contributed by atoms with Crippen LogP contribution in [0.25, 0.3) is 27.8 Å². The van der Waals surface area contributed by atoms with E-state index in [1.165, 1.54) is 0 Å². The number of carbonyl (C=O) groups excluding carboxylic acids is 1. The lowest BCUT2D eigenvalue weighted by Gasteiger charge is -2.21. The summed E-state index contributed by atoms with van der Waals surface area (Å²) in [4.78, 5) is 25.4. The van der Waals surface area contributed by atoms with Gasteiger partial charge in [0.25, 0.3) is 0 Å². The molecule has 1 aliphatic rings. The van der Waals surface area contributed by atoms with Crippen LogP contribution in [0, 0.1) is 0 Å². The van der Waals surface area contributed by atoms with Crippen LogP contribution in [0.2, 0.25) is 0 Å². The van der Waals surface area contributed by atoms with Gasteiger partial charge in [-0.25, -0.2) is 4.79 Å². The maximum absolute atomic E-state index is 12.4. The number of carboxylic acid groups (broad SMARTS) is 1. The lowest BCUT2D eigenvalue weighted by molar-refractivity contribution is -0.117. The van der Waals surface area contributed by atoms with Crippen molar-refractivity contribution < 1.29 is 24.5 Å². The third-order valence-electron chi connectivity index (χ3n) is 5.93. The highest BCUT2D eigenvalue weighted by molar-refractivity contribution is 5.99. The predicted octanol–water partition coefficient (Wildman–Crippen LogP) is 5.25. The average Bonchev–Trinajstić information content (AvgIpc) is 3.28. The zero-order valence-corrected chi connectivity index (χ0v) is 19.1. The minimum atomic E-state index is -0.969. The van der Waals surface area contributed by atoms with Crippen LogP contribution in [0.5, 0.6) is 5.75 Å². The molecule has 1 amide bonds. The predicted molar refractivity (Wildman–Crippen MR) is 133 cm³/mol. The van der Waals surface area contributed by atoms with Gasteiger partial charge in [-0.2, -0.15) is 0 Å². The van der Waals surface area contributed by atoms with Gasteiger partial charge in [0.2, 0.25) is 5.91 Å². The summed E-state index contributed by atoms with van der Waals surface area (Å²) in [6, 6.07) is 18.4. The number of nitrogens with zero attached hydrogens (tertiary/aromatic N) is 1. The first kappa shape index (κ1) is 23.3. The van der Waals surface area contributed by atoms with Crippen molar-refractivity contribution in [3.05, 3.63) is 78.4 Å². The van der Waals surface area contributed by atoms with Crippen LogP contribution < -0.4 is 9.64 Å². The van der Waals surface area contributed by atoms with Gasteiger partial charge in [-0.1, -0.05) is 30.8 Å². The molecule has 0 spiro atoms. The standard InChI is InChI=1S/C28H27NO5/c1-18(2)23-17-22(9-11-25(23)29-13-3-4-27(29)31)24-16-21(10-12-26(24)34-15-14-30)19-5-7-20(8-6-19)28(32)33/h5-12,16-17,30H,1,3-4,13-15H2,2H3,(H,32,33). The Bertz CT molecular complexity index is 1250. The van der Waals surface area contributed by atoms with Gasteiger partial charge in [-0.3, -0.25) is 4.79 Å². The van der Waals surface area contributed by atoms with Gasteiger partial charge in [-0.15, -0.1) is 0 Å². The molecule has 0 saturated carbocycles. The summed E-state index contributed by atoms with van der Waals surface area (Å²) in [5.41, 5.74) is 6.34. The lowest BCUT2D eigenvalue weighted by Crippen LogP contribution is -2.24. The van der Waals surface area contributed by atoms with E-state index in [4.69, 9.17) is 4.74 Å². The molecule has 1 saturated heterocycles. The van der Waals surface area contributed by atoms with E-state index in [0.29, 0.717) is 18.7 Å². The molecular weight excluding hydrogens is 430 g/mol. The summed E-state index contributed by atoms with van der Waals surface area (Å²) in [6.07, 6.45) is 1.40. The summed E-state index contributed by atoms with van der Waals surface area (Å²) in [5, 5.41) is 18.4. The minimum absolute atomic E-state index is 0.106. The van der Waals surface area contributed by atoms with Gasteiger partial charge < -0.3 is 19.8 Å². The Balaban J connectivity index is 1.80. The number of rotatable bonds is 8. The van der Waals surface area contributed by atoms with Gasteiger partial charge in [0, 0.05) is 24.1 Å². The van der Waals surface area contributed by atoms with Gasteiger partial charge in [0.1, 0.15) is 12.4 Å². The summed E-state index contributed by atoms with van der Waals surface area (Å²) in [7, 11) is 0. The third kappa shape index (κ3) is 4.72. The quantitative estimate of drug-likeness (QED) is 0.482. The van der Waals surface area contributed by atoms with Crippen molar-refractivity contribution in [1.29, 1.82) is 0 Å². The minimum Gasteiger partial charge on any atom is -0.491 e. The molecule has 6 heteroatoms. The number of allylic oxidation sites excluding steroid dienone is 1. The van der Waals surface area contributed by atoms with Gasteiger partial charge in [0.15, 0.2) is 0 Å². The van der Waals surface area contributed by atoms with Crippen molar-refractivity contribution in [3.8, 4) is 28.0 Å². The molecule has 6 nitrogen and oxygen atoms in total. The first-order chi connectivity index (χ1) is 16.4. The van der Waals surface area contributed by atoms with E-state index in [1.54, 1.807) is 24.3 Å². The van der Waals surface area contributed by atoms with Crippen molar-refractivity contribution >= 4 is 23.1 Å². The molecule has 0 radical (unpaired) electrons. The molecule has 1 aliphatic heterocycles. The second-order valence-electron chi connectivity index (χ2n) is 8.33. The number of hydrogen-bond acceptors (Lipinski definition) is 4. The Morgan fingerprint density at radius 3 is 2.35 bits per heavy atom. The van der Waals surface area contributed by atoms with Crippen LogP contribution in [0.3, 0.4) is 0 Å². The number of carboxylic acids is 1. The number of aliphatic hydroxyl groups excluding tert-OH is 1. The number of amides is 1. The Hall–Kier alpha value is -3.90. The topological polar surface area (TPSA) is 87.1 Å². The van der Waals surface area contributed by atoms with Gasteiger partial charge >= 0.3 is 5.97 Å². The van der Waals surface area contributed by atoms with Gasteiger partial charge in [0.05, 0.1) is 17.9 Å². The molecule has 3 aromatic carbocycles. The van der Waals surface area contributed by atoms with Crippen molar-refractivity contribution in [2.45, 2.75) is 19.8 Å². The van der Waals surface area contributed by atoms with Crippen molar-refractivity contribution in [3.63, 3.8) is 0 Å². The van der Waals surface area contributed by atoms with Crippen molar-refractivity contribution in [2.75, 3.05) is 24.7 Å². The zero-order valence-electron chi connectivity index (χ0n) is 19.1. The Morgan fingerprint density at radius 2 is 1.74 bits per heavy atom. The number of aliphatic hydroxyl groups is 1. The molecule has 3 aromatic rings. The van der Waals surface area contributed by atoms with Crippen LogP contribution in [0.4, 0.5) is 5.69 Å². The van der Waals surface area contributed by atoms with Crippen LogP contribution in [-0.2, 0) is 4.79 Å². The third-order valence-corrected chi connectivity index (χ3v) is 5.93. The Kier molecular flexibility index (Phi) is 6.80. The Labute approximate surface area is 198 Å². The van der Waals surface area contributed by atoms with E-state index in [2.05, 4.69) is 6.58 Å². The highest BCUT2D eigenvalue weighted by Crippen LogP contribution is 2.39. The van der Waals surface area contributed by atoms with Gasteiger partial charge in [-0.05, 0) is 72.0 Å². The van der Waals surface area contributed by atoms with E-state index < -0.39 is 5.97 Å². The van der Waals surface area contributed by atoms with Crippen LogP contribution >= 0.6 is 0 Å². The molecule has 1 heterocycles. The number of anilines is 1.